The molecule has 0 heterocycles. The van der Waals surface area contributed by atoms with Crippen molar-refractivity contribution in [1.82, 2.24) is 5.43 Å². The normalized spacial score (nSPS) is 12.1. The zero-order valence-electron chi connectivity index (χ0n) is 8.77. The second kappa shape index (κ2) is 6.16. The smallest absolute Gasteiger partial charge is 0.324 e. The van der Waals surface area contributed by atoms with Crippen molar-refractivity contribution in [1.29, 1.82) is 0 Å². The number of carbonyl (C=O) groups is 1. The molecule has 1 rings (SSSR count). The van der Waals surface area contributed by atoms with Crippen molar-refractivity contribution < 1.29 is 9.53 Å². The Morgan fingerprint density at radius 1 is 1.47 bits per heavy atom. The molecule has 0 aliphatic rings. The Morgan fingerprint density at radius 2 is 2.13 bits per heavy atom. The lowest BCUT2D eigenvalue weighted by atomic mass is 10.1. The van der Waals surface area contributed by atoms with E-state index in [0.717, 1.165) is 5.56 Å². The lowest BCUT2D eigenvalue weighted by molar-refractivity contribution is -0.145. The maximum absolute atomic E-state index is 11.4. The van der Waals surface area contributed by atoms with E-state index in [1.165, 1.54) is 0 Å². The molecule has 0 radical (unpaired) electrons. The molecule has 0 spiro atoms. The third kappa shape index (κ3) is 3.69. The minimum atomic E-state index is -0.479. The van der Waals surface area contributed by atoms with Crippen molar-refractivity contribution in [3.05, 3.63) is 35.9 Å². The summed E-state index contributed by atoms with van der Waals surface area (Å²) in [6.45, 7) is 2.14. The Labute approximate surface area is 89.4 Å². The van der Waals surface area contributed by atoms with E-state index in [-0.39, 0.29) is 5.97 Å². The average Bonchev–Trinajstić information content (AvgIpc) is 2.27. The van der Waals surface area contributed by atoms with Gasteiger partial charge in [-0.2, -0.15) is 0 Å². The molecule has 0 aromatic heterocycles. The molecule has 1 atom stereocenters. The fourth-order valence-electron chi connectivity index (χ4n) is 1.30. The summed E-state index contributed by atoms with van der Waals surface area (Å²) in [6, 6.07) is 9.20. The maximum atomic E-state index is 11.4. The summed E-state index contributed by atoms with van der Waals surface area (Å²) >= 11 is 0. The van der Waals surface area contributed by atoms with E-state index in [0.29, 0.717) is 13.0 Å². The summed E-state index contributed by atoms with van der Waals surface area (Å²) in [5, 5.41) is 0. The van der Waals surface area contributed by atoms with Gasteiger partial charge in [-0.15, -0.1) is 0 Å². The molecular weight excluding hydrogens is 192 g/mol. The Balaban J connectivity index is 2.58. The van der Waals surface area contributed by atoms with Crippen LogP contribution in [0.4, 0.5) is 0 Å². The second-order valence-corrected chi connectivity index (χ2v) is 3.16. The van der Waals surface area contributed by atoms with Crippen LogP contribution in [0, 0.1) is 0 Å². The molecule has 1 aromatic rings. The number of nitrogens with two attached hydrogens (primary N) is 1. The number of carbonyl (C=O) groups excluding carboxylic acids is 1. The van der Waals surface area contributed by atoms with Crippen molar-refractivity contribution >= 4 is 5.97 Å². The predicted octanol–water partition coefficient (Wildman–Crippen LogP) is 0.624. The summed E-state index contributed by atoms with van der Waals surface area (Å²) in [6.07, 6.45) is 0.538. The zero-order chi connectivity index (χ0) is 11.1. The number of rotatable bonds is 5. The van der Waals surface area contributed by atoms with Gasteiger partial charge in [-0.1, -0.05) is 30.3 Å². The maximum Gasteiger partial charge on any atom is 0.324 e. The summed E-state index contributed by atoms with van der Waals surface area (Å²) < 4.78 is 4.89. The van der Waals surface area contributed by atoms with Crippen LogP contribution in [-0.4, -0.2) is 18.6 Å². The standard InChI is InChI=1S/C11H16N2O2/c1-2-15-11(14)10(13-12)8-9-6-4-3-5-7-9/h3-7,10,13H,2,8,12H2,1H3. The molecule has 1 aromatic carbocycles. The van der Waals surface area contributed by atoms with Gasteiger partial charge in [0, 0.05) is 0 Å². The molecule has 3 N–H and O–H groups in total. The van der Waals surface area contributed by atoms with E-state index in [2.05, 4.69) is 5.43 Å². The first-order valence-corrected chi connectivity index (χ1v) is 4.94. The van der Waals surface area contributed by atoms with E-state index in [4.69, 9.17) is 10.6 Å². The fraction of sp³-hybridized carbons (Fsp3) is 0.364. The molecule has 0 bridgehead atoms. The largest absolute Gasteiger partial charge is 0.465 e. The number of hydrogen-bond acceptors (Lipinski definition) is 4. The lowest BCUT2D eigenvalue weighted by Crippen LogP contribution is -2.43. The molecule has 0 aliphatic carbocycles. The van der Waals surface area contributed by atoms with Crippen LogP contribution in [0.1, 0.15) is 12.5 Å². The molecule has 0 aliphatic heterocycles. The van der Waals surface area contributed by atoms with E-state index >= 15 is 0 Å². The van der Waals surface area contributed by atoms with Crippen molar-refractivity contribution in [2.45, 2.75) is 19.4 Å². The molecule has 15 heavy (non-hydrogen) atoms. The molecule has 4 heteroatoms. The van der Waals surface area contributed by atoms with Crippen LogP contribution in [0.5, 0.6) is 0 Å². The molecule has 82 valence electrons. The van der Waals surface area contributed by atoms with Gasteiger partial charge in [-0.25, -0.2) is 5.43 Å². The number of hydrazine groups is 1. The lowest BCUT2D eigenvalue weighted by Gasteiger charge is -2.14. The van der Waals surface area contributed by atoms with E-state index in [1.807, 2.05) is 30.3 Å². The number of benzene rings is 1. The van der Waals surface area contributed by atoms with E-state index in [9.17, 15) is 4.79 Å². The highest BCUT2D eigenvalue weighted by atomic mass is 16.5. The van der Waals surface area contributed by atoms with Crippen LogP contribution in [0.25, 0.3) is 0 Å². The Hall–Kier alpha value is -1.39. The van der Waals surface area contributed by atoms with Gasteiger partial charge in [0.1, 0.15) is 6.04 Å². The van der Waals surface area contributed by atoms with Crippen molar-refractivity contribution in [2.24, 2.45) is 5.84 Å². The van der Waals surface area contributed by atoms with E-state index < -0.39 is 6.04 Å². The molecular formula is C11H16N2O2. The molecule has 1 unspecified atom stereocenters. The molecule has 0 amide bonds. The summed E-state index contributed by atoms with van der Waals surface area (Å²) in [4.78, 5) is 11.4. The monoisotopic (exact) mass is 208 g/mol. The molecule has 0 saturated heterocycles. The number of hydrogen-bond donors (Lipinski definition) is 2. The van der Waals surface area contributed by atoms with Crippen molar-refractivity contribution in [3.8, 4) is 0 Å². The van der Waals surface area contributed by atoms with Gasteiger partial charge in [0.05, 0.1) is 6.61 Å². The summed E-state index contributed by atoms with van der Waals surface area (Å²) in [5.74, 6) is 4.99. The van der Waals surface area contributed by atoms with Gasteiger partial charge >= 0.3 is 5.97 Å². The highest BCUT2D eigenvalue weighted by Crippen LogP contribution is 2.03. The molecule has 0 fully saturated rings. The first-order valence-electron chi connectivity index (χ1n) is 4.94. The highest BCUT2D eigenvalue weighted by molar-refractivity contribution is 5.76. The second-order valence-electron chi connectivity index (χ2n) is 3.16. The first kappa shape index (κ1) is 11.7. The highest BCUT2D eigenvalue weighted by Gasteiger charge is 2.17. The SMILES string of the molecule is CCOC(=O)C(Cc1ccccc1)NN. The van der Waals surface area contributed by atoms with Gasteiger partial charge in [-0.3, -0.25) is 10.6 Å². The Bertz CT molecular complexity index is 301. The summed E-state index contributed by atoms with van der Waals surface area (Å²) in [5.41, 5.74) is 3.51. The van der Waals surface area contributed by atoms with Gasteiger partial charge in [0.25, 0.3) is 0 Å². The third-order valence-corrected chi connectivity index (χ3v) is 2.05. The molecule has 4 nitrogen and oxygen atoms in total. The Morgan fingerprint density at radius 3 is 2.67 bits per heavy atom. The molecule has 0 saturated carbocycles. The quantitative estimate of drug-likeness (QED) is 0.423. The van der Waals surface area contributed by atoms with Crippen LogP contribution < -0.4 is 11.3 Å². The summed E-state index contributed by atoms with van der Waals surface area (Å²) in [7, 11) is 0. The number of esters is 1. The van der Waals surface area contributed by atoms with E-state index in [1.54, 1.807) is 6.92 Å². The average molecular weight is 208 g/mol. The van der Waals surface area contributed by atoms with Gasteiger partial charge in [-0.05, 0) is 18.9 Å². The predicted molar refractivity (Wildman–Crippen MR) is 57.9 cm³/mol. The zero-order valence-corrected chi connectivity index (χ0v) is 8.77. The Kier molecular flexibility index (Phi) is 4.80. The van der Waals surface area contributed by atoms with Gasteiger partial charge in [0.2, 0.25) is 0 Å². The van der Waals surface area contributed by atoms with Crippen molar-refractivity contribution in [2.75, 3.05) is 6.61 Å². The third-order valence-electron chi connectivity index (χ3n) is 2.05. The van der Waals surface area contributed by atoms with Crippen molar-refractivity contribution in [3.63, 3.8) is 0 Å². The topological polar surface area (TPSA) is 64.3 Å². The first-order chi connectivity index (χ1) is 7.27. The van der Waals surface area contributed by atoms with Crippen LogP contribution in [0.3, 0.4) is 0 Å². The minimum Gasteiger partial charge on any atom is -0.465 e. The minimum absolute atomic E-state index is 0.316. The number of nitrogens with one attached hydrogen (secondary N) is 1. The van der Waals surface area contributed by atoms with Gasteiger partial charge < -0.3 is 4.74 Å². The number of ether oxygens (including phenoxy) is 1. The van der Waals surface area contributed by atoms with Crippen LogP contribution in [0.15, 0.2) is 30.3 Å². The van der Waals surface area contributed by atoms with Gasteiger partial charge in [0.15, 0.2) is 0 Å². The van der Waals surface area contributed by atoms with Crippen LogP contribution in [-0.2, 0) is 16.0 Å². The van der Waals surface area contributed by atoms with Crippen LogP contribution >= 0.6 is 0 Å². The fourth-order valence-corrected chi connectivity index (χ4v) is 1.30. The van der Waals surface area contributed by atoms with Crippen LogP contribution in [0.2, 0.25) is 0 Å².